The van der Waals surface area contributed by atoms with Crippen molar-refractivity contribution in [3.63, 3.8) is 0 Å². The van der Waals surface area contributed by atoms with Crippen LogP contribution in [0.3, 0.4) is 0 Å². The van der Waals surface area contributed by atoms with Crippen molar-refractivity contribution in [1.82, 2.24) is 0 Å². The second-order valence-corrected chi connectivity index (χ2v) is 3.43. The SMILES string of the molecule is C[C@@H]1C(=O)[C@H](C)C2C=CC1O2. The number of carbonyl (C=O) groups excluding carboxylic acids is 1. The Hall–Kier alpha value is -0.630. The summed E-state index contributed by atoms with van der Waals surface area (Å²) in [5.74, 6) is 0.455. The summed E-state index contributed by atoms with van der Waals surface area (Å²) in [7, 11) is 0. The van der Waals surface area contributed by atoms with Gasteiger partial charge in [0.05, 0.1) is 12.2 Å². The maximum absolute atomic E-state index is 11.5. The van der Waals surface area contributed by atoms with Gasteiger partial charge < -0.3 is 4.74 Å². The molecule has 2 aliphatic heterocycles. The van der Waals surface area contributed by atoms with Crippen LogP contribution in [0.5, 0.6) is 0 Å². The highest BCUT2D eigenvalue weighted by molar-refractivity contribution is 5.85. The van der Waals surface area contributed by atoms with Crippen LogP contribution in [-0.4, -0.2) is 18.0 Å². The van der Waals surface area contributed by atoms with Crippen LogP contribution in [0.1, 0.15) is 13.8 Å². The van der Waals surface area contributed by atoms with E-state index in [4.69, 9.17) is 4.74 Å². The Morgan fingerprint density at radius 1 is 1.18 bits per heavy atom. The van der Waals surface area contributed by atoms with Crippen molar-refractivity contribution in [2.45, 2.75) is 26.1 Å². The van der Waals surface area contributed by atoms with Gasteiger partial charge in [-0.15, -0.1) is 0 Å². The molecule has 2 nitrogen and oxygen atoms in total. The molecule has 2 unspecified atom stereocenters. The van der Waals surface area contributed by atoms with Gasteiger partial charge in [0.25, 0.3) is 0 Å². The first kappa shape index (κ1) is 7.04. The predicted molar refractivity (Wildman–Crippen MR) is 41.1 cm³/mol. The summed E-state index contributed by atoms with van der Waals surface area (Å²) in [6, 6.07) is 0. The lowest BCUT2D eigenvalue weighted by Crippen LogP contribution is -2.40. The Balaban J connectivity index is 2.29. The van der Waals surface area contributed by atoms with E-state index in [1.807, 2.05) is 26.0 Å². The minimum absolute atomic E-state index is 0.0556. The van der Waals surface area contributed by atoms with E-state index < -0.39 is 0 Å². The molecule has 60 valence electrons. The van der Waals surface area contributed by atoms with Gasteiger partial charge in [0.15, 0.2) is 0 Å². The van der Waals surface area contributed by atoms with Crippen molar-refractivity contribution in [3.05, 3.63) is 12.2 Å². The third-order valence-corrected chi connectivity index (χ3v) is 2.69. The average molecular weight is 152 g/mol. The van der Waals surface area contributed by atoms with E-state index in [0.717, 1.165) is 0 Å². The summed E-state index contributed by atoms with van der Waals surface area (Å²) in [5.41, 5.74) is 0. The number of hydrogen-bond donors (Lipinski definition) is 0. The summed E-state index contributed by atoms with van der Waals surface area (Å²) < 4.78 is 5.56. The first-order valence-corrected chi connectivity index (χ1v) is 4.07. The Morgan fingerprint density at radius 3 is 2.09 bits per heavy atom. The Bertz CT molecular complexity index is 200. The van der Waals surface area contributed by atoms with Crippen LogP contribution < -0.4 is 0 Å². The Morgan fingerprint density at radius 2 is 1.64 bits per heavy atom. The molecule has 4 atom stereocenters. The highest BCUT2D eigenvalue weighted by Crippen LogP contribution is 2.32. The molecule has 0 radical (unpaired) electrons. The van der Waals surface area contributed by atoms with E-state index in [1.165, 1.54) is 0 Å². The Labute approximate surface area is 66.2 Å². The zero-order chi connectivity index (χ0) is 8.01. The van der Waals surface area contributed by atoms with E-state index in [1.54, 1.807) is 0 Å². The first-order chi connectivity index (χ1) is 5.20. The maximum atomic E-state index is 11.5. The lowest BCUT2D eigenvalue weighted by atomic mass is 9.88. The fourth-order valence-electron chi connectivity index (χ4n) is 1.80. The number of hydrogen-bond acceptors (Lipinski definition) is 2. The molecule has 0 saturated carbocycles. The van der Waals surface area contributed by atoms with Crippen molar-refractivity contribution in [1.29, 1.82) is 0 Å². The molecule has 2 heterocycles. The highest BCUT2D eigenvalue weighted by atomic mass is 16.5. The molecule has 11 heavy (non-hydrogen) atoms. The molecule has 0 aromatic heterocycles. The maximum Gasteiger partial charge on any atom is 0.144 e. The van der Waals surface area contributed by atoms with E-state index >= 15 is 0 Å². The minimum Gasteiger partial charge on any atom is -0.365 e. The molecule has 1 saturated heterocycles. The molecule has 0 aromatic rings. The van der Waals surface area contributed by atoms with Gasteiger partial charge in [0, 0.05) is 11.8 Å². The van der Waals surface area contributed by atoms with Gasteiger partial charge in [-0.1, -0.05) is 26.0 Å². The summed E-state index contributed by atoms with van der Waals surface area (Å²) >= 11 is 0. The smallest absolute Gasteiger partial charge is 0.144 e. The number of rotatable bonds is 0. The molecule has 2 bridgehead atoms. The van der Waals surface area contributed by atoms with Gasteiger partial charge in [-0.3, -0.25) is 4.79 Å². The molecule has 0 amide bonds. The van der Waals surface area contributed by atoms with Crippen LogP contribution in [0.25, 0.3) is 0 Å². The average Bonchev–Trinajstić information content (AvgIpc) is 2.44. The van der Waals surface area contributed by atoms with Crippen molar-refractivity contribution in [3.8, 4) is 0 Å². The fourth-order valence-corrected chi connectivity index (χ4v) is 1.80. The van der Waals surface area contributed by atoms with Gasteiger partial charge in [0.2, 0.25) is 0 Å². The fraction of sp³-hybridized carbons (Fsp3) is 0.667. The van der Waals surface area contributed by atoms with E-state index in [-0.39, 0.29) is 24.0 Å². The second-order valence-electron chi connectivity index (χ2n) is 3.43. The van der Waals surface area contributed by atoms with Gasteiger partial charge in [0.1, 0.15) is 5.78 Å². The highest BCUT2D eigenvalue weighted by Gasteiger charge is 2.41. The molecule has 2 aliphatic rings. The quantitative estimate of drug-likeness (QED) is 0.487. The van der Waals surface area contributed by atoms with Crippen LogP contribution >= 0.6 is 0 Å². The summed E-state index contributed by atoms with van der Waals surface area (Å²) in [5, 5.41) is 0. The predicted octanol–water partition coefficient (Wildman–Crippen LogP) is 1.16. The van der Waals surface area contributed by atoms with E-state index in [0.29, 0.717) is 5.78 Å². The lowest BCUT2D eigenvalue weighted by molar-refractivity contribution is -0.142. The zero-order valence-corrected chi connectivity index (χ0v) is 6.78. The largest absolute Gasteiger partial charge is 0.365 e. The normalized spacial score (nSPS) is 48.4. The summed E-state index contributed by atoms with van der Waals surface area (Å²) in [4.78, 5) is 11.5. The molecule has 2 rings (SSSR count). The van der Waals surface area contributed by atoms with Gasteiger partial charge in [-0.2, -0.15) is 0 Å². The molecule has 0 N–H and O–H groups in total. The monoisotopic (exact) mass is 152 g/mol. The van der Waals surface area contributed by atoms with Gasteiger partial charge in [-0.25, -0.2) is 0 Å². The summed E-state index contributed by atoms with van der Waals surface area (Å²) in [6.45, 7) is 3.88. The molecule has 2 heteroatoms. The first-order valence-electron chi connectivity index (χ1n) is 4.07. The number of carbonyl (C=O) groups is 1. The molecule has 0 spiro atoms. The van der Waals surface area contributed by atoms with E-state index in [2.05, 4.69) is 0 Å². The molecule has 1 fully saturated rings. The minimum atomic E-state index is 0.0556. The van der Waals surface area contributed by atoms with Gasteiger partial charge >= 0.3 is 0 Å². The lowest BCUT2D eigenvalue weighted by Gasteiger charge is -2.30. The molecule has 0 aromatic carbocycles. The zero-order valence-electron chi connectivity index (χ0n) is 6.78. The van der Waals surface area contributed by atoms with Crippen LogP contribution in [0.15, 0.2) is 12.2 Å². The number of ether oxygens (including phenoxy) is 1. The topological polar surface area (TPSA) is 26.3 Å². The Kier molecular flexibility index (Phi) is 1.39. The van der Waals surface area contributed by atoms with Crippen molar-refractivity contribution in [2.24, 2.45) is 11.8 Å². The summed E-state index contributed by atoms with van der Waals surface area (Å²) in [6.07, 6.45) is 4.14. The molecular weight excluding hydrogens is 140 g/mol. The van der Waals surface area contributed by atoms with Crippen molar-refractivity contribution in [2.75, 3.05) is 0 Å². The molecule has 0 aliphatic carbocycles. The van der Waals surface area contributed by atoms with Crippen molar-refractivity contribution >= 4 is 5.78 Å². The second kappa shape index (κ2) is 2.18. The number of fused-ring (bicyclic) bond motifs is 2. The third kappa shape index (κ3) is 0.857. The number of ketones is 1. The standard InChI is InChI=1S/C9H12O2/c1-5-7-3-4-8(11-7)6(2)9(5)10/h3-8H,1-2H3/t5-,6+,7?,8?. The van der Waals surface area contributed by atoms with Gasteiger partial charge in [-0.05, 0) is 0 Å². The van der Waals surface area contributed by atoms with Crippen LogP contribution in [-0.2, 0) is 9.53 Å². The van der Waals surface area contributed by atoms with Crippen LogP contribution in [0.4, 0.5) is 0 Å². The number of Topliss-reactive ketones (excluding diaryl/α,β-unsaturated/α-hetero) is 1. The van der Waals surface area contributed by atoms with Crippen LogP contribution in [0.2, 0.25) is 0 Å². The third-order valence-electron chi connectivity index (χ3n) is 2.69. The molecular formula is C9H12O2. The van der Waals surface area contributed by atoms with Crippen molar-refractivity contribution < 1.29 is 9.53 Å². The van der Waals surface area contributed by atoms with Crippen LogP contribution in [0, 0.1) is 11.8 Å². The van der Waals surface area contributed by atoms with E-state index in [9.17, 15) is 4.79 Å².